The van der Waals surface area contributed by atoms with Crippen molar-refractivity contribution in [2.75, 3.05) is 19.8 Å². The van der Waals surface area contributed by atoms with Gasteiger partial charge in [-0.3, -0.25) is 4.79 Å². The number of carbonyl (C=O) groups excluding carboxylic acids is 1. The van der Waals surface area contributed by atoms with E-state index >= 15 is 0 Å². The second kappa shape index (κ2) is 9.37. The van der Waals surface area contributed by atoms with Gasteiger partial charge < -0.3 is 20.5 Å². The van der Waals surface area contributed by atoms with Crippen LogP contribution in [0.1, 0.15) is 26.3 Å². The number of ether oxygens (including phenoxy) is 2. The average molecular weight is 294 g/mol. The van der Waals surface area contributed by atoms with Crippen molar-refractivity contribution >= 4 is 5.91 Å². The minimum absolute atomic E-state index is 0.000617. The second-order valence-corrected chi connectivity index (χ2v) is 5.21. The summed E-state index contributed by atoms with van der Waals surface area (Å²) >= 11 is 0. The Morgan fingerprint density at radius 1 is 1.29 bits per heavy atom. The fourth-order valence-electron chi connectivity index (χ4n) is 1.76. The Morgan fingerprint density at radius 2 is 1.95 bits per heavy atom. The smallest absolute Gasteiger partial charge is 0.258 e. The van der Waals surface area contributed by atoms with Gasteiger partial charge in [0.15, 0.2) is 6.61 Å². The Balaban J connectivity index is 2.40. The van der Waals surface area contributed by atoms with Crippen LogP contribution in [0.3, 0.4) is 0 Å². The first kappa shape index (κ1) is 17.5. The van der Waals surface area contributed by atoms with Gasteiger partial charge in [0.05, 0.1) is 12.6 Å². The molecule has 1 rings (SSSR count). The first-order valence-electron chi connectivity index (χ1n) is 7.35. The molecule has 118 valence electrons. The standard InChI is InChI=1S/C16H26N2O3/c1-4-20-10-15(12(2)3)18-16(19)11-21-14-7-5-13(9-17)6-8-14/h5-8,12,15H,4,9-11,17H2,1-3H3,(H,18,19). The van der Waals surface area contributed by atoms with Crippen LogP contribution in [0.25, 0.3) is 0 Å². The summed E-state index contributed by atoms with van der Waals surface area (Å²) in [5.41, 5.74) is 6.56. The van der Waals surface area contributed by atoms with E-state index in [1.165, 1.54) is 0 Å². The third kappa shape index (κ3) is 6.60. The van der Waals surface area contributed by atoms with Gasteiger partial charge >= 0.3 is 0 Å². The summed E-state index contributed by atoms with van der Waals surface area (Å²) in [5, 5.41) is 2.94. The highest BCUT2D eigenvalue weighted by molar-refractivity contribution is 5.77. The molecule has 0 heterocycles. The molecule has 0 saturated heterocycles. The van der Waals surface area contributed by atoms with Crippen LogP contribution in [0.4, 0.5) is 0 Å². The molecular weight excluding hydrogens is 268 g/mol. The first-order valence-corrected chi connectivity index (χ1v) is 7.35. The summed E-state index contributed by atoms with van der Waals surface area (Å²) in [4.78, 5) is 11.9. The molecule has 0 aliphatic heterocycles. The highest BCUT2D eigenvalue weighted by Crippen LogP contribution is 2.11. The van der Waals surface area contributed by atoms with Crippen LogP contribution < -0.4 is 15.8 Å². The van der Waals surface area contributed by atoms with Crippen LogP contribution in [0.15, 0.2) is 24.3 Å². The predicted octanol–water partition coefficient (Wildman–Crippen LogP) is 1.70. The monoisotopic (exact) mass is 294 g/mol. The molecule has 0 radical (unpaired) electrons. The quantitative estimate of drug-likeness (QED) is 0.727. The molecule has 0 fully saturated rings. The Bertz CT molecular complexity index is 418. The van der Waals surface area contributed by atoms with E-state index in [1.54, 1.807) is 0 Å². The van der Waals surface area contributed by atoms with E-state index < -0.39 is 0 Å². The van der Waals surface area contributed by atoms with Crippen molar-refractivity contribution in [1.82, 2.24) is 5.32 Å². The summed E-state index contributed by atoms with van der Waals surface area (Å²) in [6.07, 6.45) is 0. The Kier molecular flexibility index (Phi) is 7.79. The molecule has 0 saturated carbocycles. The number of nitrogens with one attached hydrogen (secondary N) is 1. The molecule has 0 aromatic heterocycles. The van der Waals surface area contributed by atoms with Gasteiger partial charge in [0.1, 0.15) is 5.75 Å². The van der Waals surface area contributed by atoms with Gasteiger partial charge in [0.25, 0.3) is 5.91 Å². The molecular formula is C16H26N2O3. The van der Waals surface area contributed by atoms with Crippen molar-refractivity contribution in [1.29, 1.82) is 0 Å². The molecule has 1 aromatic rings. The van der Waals surface area contributed by atoms with Gasteiger partial charge in [-0.1, -0.05) is 26.0 Å². The molecule has 1 unspecified atom stereocenters. The summed E-state index contributed by atoms with van der Waals surface area (Å²) in [5.74, 6) is 0.828. The fourth-order valence-corrected chi connectivity index (χ4v) is 1.76. The lowest BCUT2D eigenvalue weighted by molar-refractivity contribution is -0.124. The van der Waals surface area contributed by atoms with E-state index in [0.29, 0.717) is 31.4 Å². The molecule has 5 nitrogen and oxygen atoms in total. The lowest BCUT2D eigenvalue weighted by Gasteiger charge is -2.22. The normalized spacial score (nSPS) is 12.2. The SMILES string of the molecule is CCOCC(NC(=O)COc1ccc(CN)cc1)C(C)C. The fraction of sp³-hybridized carbons (Fsp3) is 0.562. The number of rotatable bonds is 9. The minimum Gasteiger partial charge on any atom is -0.484 e. The molecule has 0 bridgehead atoms. The number of hydrogen-bond donors (Lipinski definition) is 2. The van der Waals surface area contributed by atoms with Crippen LogP contribution >= 0.6 is 0 Å². The molecule has 1 aromatic carbocycles. The van der Waals surface area contributed by atoms with Crippen LogP contribution in [0.2, 0.25) is 0 Å². The van der Waals surface area contributed by atoms with Crippen LogP contribution in [-0.2, 0) is 16.1 Å². The molecule has 0 aliphatic rings. The van der Waals surface area contributed by atoms with E-state index in [9.17, 15) is 4.79 Å². The number of benzene rings is 1. The Labute approximate surface area is 126 Å². The molecule has 21 heavy (non-hydrogen) atoms. The van der Waals surface area contributed by atoms with Gasteiger partial charge in [0.2, 0.25) is 0 Å². The highest BCUT2D eigenvalue weighted by atomic mass is 16.5. The number of nitrogens with two attached hydrogens (primary N) is 1. The Morgan fingerprint density at radius 3 is 2.48 bits per heavy atom. The number of carbonyl (C=O) groups is 1. The number of hydrogen-bond acceptors (Lipinski definition) is 4. The molecule has 0 spiro atoms. The minimum atomic E-state index is -0.142. The maximum absolute atomic E-state index is 11.9. The second-order valence-electron chi connectivity index (χ2n) is 5.21. The van der Waals surface area contributed by atoms with E-state index in [-0.39, 0.29) is 18.6 Å². The first-order chi connectivity index (χ1) is 10.1. The lowest BCUT2D eigenvalue weighted by Crippen LogP contribution is -2.43. The van der Waals surface area contributed by atoms with Crippen molar-refractivity contribution < 1.29 is 14.3 Å². The van der Waals surface area contributed by atoms with Crippen molar-refractivity contribution in [2.24, 2.45) is 11.7 Å². The van der Waals surface area contributed by atoms with Crippen molar-refractivity contribution in [3.05, 3.63) is 29.8 Å². The molecule has 3 N–H and O–H groups in total. The molecule has 1 atom stereocenters. The largest absolute Gasteiger partial charge is 0.484 e. The van der Waals surface area contributed by atoms with Crippen molar-refractivity contribution in [3.8, 4) is 5.75 Å². The van der Waals surface area contributed by atoms with E-state index in [1.807, 2.05) is 31.2 Å². The zero-order valence-electron chi connectivity index (χ0n) is 13.1. The molecule has 0 aliphatic carbocycles. The average Bonchev–Trinajstić information content (AvgIpc) is 2.49. The third-order valence-electron chi connectivity index (χ3n) is 3.18. The van der Waals surface area contributed by atoms with Crippen molar-refractivity contribution in [3.63, 3.8) is 0 Å². The van der Waals surface area contributed by atoms with Gasteiger partial charge in [-0.25, -0.2) is 0 Å². The topological polar surface area (TPSA) is 73.6 Å². The summed E-state index contributed by atoms with van der Waals surface area (Å²) in [7, 11) is 0. The molecule has 1 amide bonds. The van der Waals surface area contributed by atoms with E-state index in [0.717, 1.165) is 5.56 Å². The van der Waals surface area contributed by atoms with Crippen LogP contribution in [-0.4, -0.2) is 31.8 Å². The van der Waals surface area contributed by atoms with E-state index in [2.05, 4.69) is 19.2 Å². The highest BCUT2D eigenvalue weighted by Gasteiger charge is 2.16. The van der Waals surface area contributed by atoms with E-state index in [4.69, 9.17) is 15.2 Å². The van der Waals surface area contributed by atoms with Crippen LogP contribution in [0.5, 0.6) is 5.75 Å². The zero-order chi connectivity index (χ0) is 15.7. The van der Waals surface area contributed by atoms with Gasteiger partial charge in [-0.15, -0.1) is 0 Å². The zero-order valence-corrected chi connectivity index (χ0v) is 13.1. The number of amides is 1. The Hall–Kier alpha value is -1.59. The lowest BCUT2D eigenvalue weighted by atomic mass is 10.1. The van der Waals surface area contributed by atoms with Crippen molar-refractivity contribution in [2.45, 2.75) is 33.4 Å². The maximum Gasteiger partial charge on any atom is 0.258 e. The predicted molar refractivity (Wildman–Crippen MR) is 83.1 cm³/mol. The summed E-state index contributed by atoms with van der Waals surface area (Å²) < 4.78 is 10.8. The van der Waals surface area contributed by atoms with Gasteiger partial charge in [-0.05, 0) is 30.5 Å². The maximum atomic E-state index is 11.9. The van der Waals surface area contributed by atoms with Crippen LogP contribution in [0, 0.1) is 5.92 Å². The summed E-state index contributed by atoms with van der Waals surface area (Å²) in [6.45, 7) is 7.69. The van der Waals surface area contributed by atoms with Gasteiger partial charge in [-0.2, -0.15) is 0 Å². The molecule has 5 heteroatoms. The van der Waals surface area contributed by atoms with Gasteiger partial charge in [0, 0.05) is 13.2 Å². The third-order valence-corrected chi connectivity index (χ3v) is 3.18. The summed E-state index contributed by atoms with van der Waals surface area (Å²) in [6, 6.07) is 7.41.